The first-order valence-corrected chi connectivity index (χ1v) is 5.93. The van der Waals surface area contributed by atoms with E-state index in [0.29, 0.717) is 11.3 Å². The summed E-state index contributed by atoms with van der Waals surface area (Å²) in [4.78, 5) is 14.9. The first kappa shape index (κ1) is 11.4. The predicted molar refractivity (Wildman–Crippen MR) is 73.6 cm³/mol. The van der Waals surface area contributed by atoms with Gasteiger partial charge in [-0.2, -0.15) is 0 Å². The largest absolute Gasteiger partial charge is 0.457 e. The van der Waals surface area contributed by atoms with Crippen LogP contribution in [0.5, 0.6) is 11.5 Å². The number of aromatic nitrogens is 1. The fourth-order valence-corrected chi connectivity index (χ4v) is 1.86. The second-order valence-electron chi connectivity index (χ2n) is 4.15. The maximum absolute atomic E-state index is 10.6. The molecule has 0 saturated heterocycles. The number of benzene rings is 2. The summed E-state index contributed by atoms with van der Waals surface area (Å²) in [6.07, 6.45) is 2.56. The highest BCUT2D eigenvalue weighted by molar-refractivity contribution is 5.79. The van der Waals surface area contributed by atoms with Crippen molar-refractivity contribution in [3.8, 4) is 11.5 Å². The van der Waals surface area contributed by atoms with Crippen molar-refractivity contribution in [2.45, 2.75) is 0 Å². The van der Waals surface area contributed by atoms with Gasteiger partial charge in [0.05, 0.1) is 5.52 Å². The van der Waals surface area contributed by atoms with Crippen LogP contribution in [0.3, 0.4) is 0 Å². The molecule has 0 saturated carbocycles. The van der Waals surface area contributed by atoms with E-state index >= 15 is 0 Å². The third-order valence-corrected chi connectivity index (χ3v) is 2.83. The summed E-state index contributed by atoms with van der Waals surface area (Å²) in [5, 5.41) is 1.08. The molecule has 1 aromatic heterocycles. The number of aldehydes is 1. The summed E-state index contributed by atoms with van der Waals surface area (Å²) in [6.45, 7) is 0. The zero-order chi connectivity index (χ0) is 13.1. The molecule has 0 radical (unpaired) electrons. The van der Waals surface area contributed by atoms with E-state index in [1.54, 1.807) is 30.5 Å². The molecule has 92 valence electrons. The Hall–Kier alpha value is -2.68. The number of ether oxygens (including phenoxy) is 1. The van der Waals surface area contributed by atoms with Crippen LogP contribution >= 0.6 is 0 Å². The number of carbonyl (C=O) groups excluding carboxylic acids is 1. The molecule has 19 heavy (non-hydrogen) atoms. The standard InChI is InChI=1S/C16H11NO2/c18-11-12-3-6-14(7-4-12)19-15-8-5-13-2-1-9-17-16(13)10-15/h1-11H. The van der Waals surface area contributed by atoms with E-state index in [2.05, 4.69) is 4.98 Å². The molecule has 3 rings (SSSR count). The molecule has 0 fully saturated rings. The summed E-state index contributed by atoms with van der Waals surface area (Å²) in [6, 6.07) is 16.7. The average molecular weight is 249 g/mol. The van der Waals surface area contributed by atoms with Crippen molar-refractivity contribution in [2.75, 3.05) is 0 Å². The molecule has 1 heterocycles. The molecule has 3 aromatic rings. The van der Waals surface area contributed by atoms with Crippen LogP contribution in [0.15, 0.2) is 60.8 Å². The van der Waals surface area contributed by atoms with Gasteiger partial charge in [0.25, 0.3) is 0 Å². The maximum atomic E-state index is 10.6. The Balaban J connectivity index is 1.89. The van der Waals surface area contributed by atoms with E-state index in [9.17, 15) is 4.79 Å². The molecular weight excluding hydrogens is 238 g/mol. The summed E-state index contributed by atoms with van der Waals surface area (Å²) >= 11 is 0. The predicted octanol–water partition coefficient (Wildman–Crippen LogP) is 3.84. The summed E-state index contributed by atoms with van der Waals surface area (Å²) < 4.78 is 5.73. The quantitative estimate of drug-likeness (QED) is 0.662. The lowest BCUT2D eigenvalue weighted by atomic mass is 10.2. The Morgan fingerprint density at radius 3 is 2.53 bits per heavy atom. The number of nitrogens with zero attached hydrogens (tertiary/aromatic N) is 1. The molecule has 3 nitrogen and oxygen atoms in total. The third-order valence-electron chi connectivity index (χ3n) is 2.83. The lowest BCUT2D eigenvalue weighted by Gasteiger charge is -2.06. The normalized spacial score (nSPS) is 10.3. The fourth-order valence-electron chi connectivity index (χ4n) is 1.86. The number of fused-ring (bicyclic) bond motifs is 1. The van der Waals surface area contributed by atoms with Gasteiger partial charge in [0.2, 0.25) is 0 Å². The minimum Gasteiger partial charge on any atom is -0.457 e. The van der Waals surface area contributed by atoms with Crippen LogP contribution in [0.2, 0.25) is 0 Å². The van der Waals surface area contributed by atoms with Crippen molar-refractivity contribution in [3.05, 3.63) is 66.4 Å². The van der Waals surface area contributed by atoms with Gasteiger partial charge in [0.1, 0.15) is 17.8 Å². The summed E-state index contributed by atoms with van der Waals surface area (Å²) in [5.41, 5.74) is 1.53. The van der Waals surface area contributed by atoms with Gasteiger partial charge in [-0.25, -0.2) is 0 Å². The van der Waals surface area contributed by atoms with E-state index in [0.717, 1.165) is 22.9 Å². The fraction of sp³-hybridized carbons (Fsp3) is 0. The van der Waals surface area contributed by atoms with E-state index in [1.807, 2.05) is 30.3 Å². The van der Waals surface area contributed by atoms with Gasteiger partial charge in [-0.05, 0) is 42.5 Å². The molecule has 0 N–H and O–H groups in total. The number of rotatable bonds is 3. The zero-order valence-electron chi connectivity index (χ0n) is 10.1. The molecule has 2 aromatic carbocycles. The maximum Gasteiger partial charge on any atom is 0.150 e. The molecular formula is C16H11NO2. The second kappa shape index (κ2) is 4.90. The minimum absolute atomic E-state index is 0.632. The minimum atomic E-state index is 0.632. The van der Waals surface area contributed by atoms with Crippen LogP contribution in [-0.4, -0.2) is 11.3 Å². The van der Waals surface area contributed by atoms with E-state index in [1.165, 1.54) is 0 Å². The van der Waals surface area contributed by atoms with Crippen molar-refractivity contribution in [1.29, 1.82) is 0 Å². The second-order valence-corrected chi connectivity index (χ2v) is 4.15. The van der Waals surface area contributed by atoms with Crippen molar-refractivity contribution in [1.82, 2.24) is 4.98 Å². The molecule has 0 aliphatic rings. The number of hydrogen-bond acceptors (Lipinski definition) is 3. The van der Waals surface area contributed by atoms with Crippen LogP contribution < -0.4 is 4.74 Å². The van der Waals surface area contributed by atoms with Crippen LogP contribution in [0.25, 0.3) is 10.9 Å². The van der Waals surface area contributed by atoms with Crippen LogP contribution in [0.1, 0.15) is 10.4 Å². The van der Waals surface area contributed by atoms with Gasteiger partial charge in [0, 0.05) is 23.2 Å². The van der Waals surface area contributed by atoms with E-state index in [4.69, 9.17) is 4.74 Å². The summed E-state index contributed by atoms with van der Waals surface area (Å²) in [5.74, 6) is 1.42. The lowest BCUT2D eigenvalue weighted by molar-refractivity contribution is 0.112. The average Bonchev–Trinajstić information content (AvgIpc) is 2.48. The van der Waals surface area contributed by atoms with Gasteiger partial charge in [-0.1, -0.05) is 6.07 Å². The van der Waals surface area contributed by atoms with Crippen molar-refractivity contribution in [2.24, 2.45) is 0 Å². The molecule has 0 bridgehead atoms. The topological polar surface area (TPSA) is 39.2 Å². The Bertz CT molecular complexity index is 720. The SMILES string of the molecule is O=Cc1ccc(Oc2ccc3cccnc3c2)cc1. The van der Waals surface area contributed by atoms with Crippen molar-refractivity contribution >= 4 is 17.2 Å². The number of carbonyl (C=O) groups is 1. The van der Waals surface area contributed by atoms with Gasteiger partial charge in [0.15, 0.2) is 0 Å². The smallest absolute Gasteiger partial charge is 0.150 e. The van der Waals surface area contributed by atoms with Crippen molar-refractivity contribution in [3.63, 3.8) is 0 Å². The highest BCUT2D eigenvalue weighted by atomic mass is 16.5. The Kier molecular flexibility index (Phi) is 2.94. The monoisotopic (exact) mass is 249 g/mol. The van der Waals surface area contributed by atoms with Gasteiger partial charge < -0.3 is 4.74 Å². The first-order chi connectivity index (χ1) is 9.35. The van der Waals surface area contributed by atoms with Crippen LogP contribution in [0, 0.1) is 0 Å². The number of hydrogen-bond donors (Lipinski definition) is 0. The molecule has 3 heteroatoms. The van der Waals surface area contributed by atoms with Gasteiger partial charge >= 0.3 is 0 Å². The molecule has 0 aliphatic carbocycles. The van der Waals surface area contributed by atoms with Gasteiger partial charge in [-0.3, -0.25) is 9.78 Å². The Labute approximate surface area is 110 Å². The Morgan fingerprint density at radius 1 is 0.947 bits per heavy atom. The molecule has 0 unspecified atom stereocenters. The molecule has 0 atom stereocenters. The molecule has 0 aliphatic heterocycles. The lowest BCUT2D eigenvalue weighted by Crippen LogP contribution is -1.86. The van der Waals surface area contributed by atoms with E-state index in [-0.39, 0.29) is 0 Å². The highest BCUT2D eigenvalue weighted by Crippen LogP contribution is 2.24. The zero-order valence-corrected chi connectivity index (χ0v) is 10.1. The first-order valence-electron chi connectivity index (χ1n) is 5.93. The molecule has 0 amide bonds. The third kappa shape index (κ3) is 2.45. The molecule has 0 spiro atoms. The van der Waals surface area contributed by atoms with Crippen molar-refractivity contribution < 1.29 is 9.53 Å². The summed E-state index contributed by atoms with van der Waals surface area (Å²) in [7, 11) is 0. The van der Waals surface area contributed by atoms with Crippen LogP contribution in [-0.2, 0) is 0 Å². The van der Waals surface area contributed by atoms with Crippen LogP contribution in [0.4, 0.5) is 0 Å². The highest BCUT2D eigenvalue weighted by Gasteiger charge is 2.00. The Morgan fingerprint density at radius 2 is 1.74 bits per heavy atom. The number of pyridine rings is 1. The van der Waals surface area contributed by atoms with Gasteiger partial charge in [-0.15, -0.1) is 0 Å². The van der Waals surface area contributed by atoms with E-state index < -0.39 is 0 Å².